The lowest BCUT2D eigenvalue weighted by molar-refractivity contribution is -0.157. The van der Waals surface area contributed by atoms with Crippen LogP contribution in [-0.2, 0) is 19.4 Å². The lowest BCUT2D eigenvalue weighted by atomic mass is 10.4. The number of sulfone groups is 1. The van der Waals surface area contributed by atoms with E-state index in [0.717, 1.165) is 12.1 Å². The number of carbonyl (C=O) groups excluding carboxylic acids is 1. The Bertz CT molecular complexity index is 481. The van der Waals surface area contributed by atoms with E-state index >= 15 is 0 Å². The van der Waals surface area contributed by atoms with Gasteiger partial charge in [0.25, 0.3) is 9.84 Å². The van der Waals surface area contributed by atoms with Gasteiger partial charge in [-0.2, -0.15) is 8.78 Å². The van der Waals surface area contributed by atoms with E-state index in [2.05, 4.69) is 4.74 Å². The van der Waals surface area contributed by atoms with Crippen molar-refractivity contribution in [1.29, 1.82) is 0 Å². The van der Waals surface area contributed by atoms with E-state index in [-0.39, 0.29) is 0 Å². The van der Waals surface area contributed by atoms with Gasteiger partial charge in [0.1, 0.15) is 0 Å². The van der Waals surface area contributed by atoms with Crippen molar-refractivity contribution >= 4 is 15.8 Å². The molecule has 1 aromatic rings. The van der Waals surface area contributed by atoms with Crippen molar-refractivity contribution in [1.82, 2.24) is 0 Å². The molecule has 0 bridgehead atoms. The van der Waals surface area contributed by atoms with Gasteiger partial charge in [-0.3, -0.25) is 0 Å². The fourth-order valence-corrected chi connectivity index (χ4v) is 2.09. The van der Waals surface area contributed by atoms with Crippen LogP contribution in [0.25, 0.3) is 0 Å². The Hall–Kier alpha value is -1.50. The van der Waals surface area contributed by atoms with E-state index < -0.39 is 26.0 Å². The summed E-state index contributed by atoms with van der Waals surface area (Å²) in [5, 5.41) is -4.58. The number of rotatable bonds is 3. The highest BCUT2D eigenvalue weighted by Gasteiger charge is 2.54. The second kappa shape index (κ2) is 4.17. The van der Waals surface area contributed by atoms with Gasteiger partial charge in [-0.1, -0.05) is 18.2 Å². The maximum Gasteiger partial charge on any atom is 0.444 e. The summed E-state index contributed by atoms with van der Waals surface area (Å²) in [5.41, 5.74) is 0. The van der Waals surface area contributed by atoms with Gasteiger partial charge in [0.05, 0.1) is 12.0 Å². The molecule has 0 atom stereocenters. The number of halogens is 2. The molecular formula is C9H8F2O4S. The second-order valence-corrected chi connectivity index (χ2v) is 4.82. The normalized spacial score (nSPS) is 12.2. The van der Waals surface area contributed by atoms with E-state index in [4.69, 9.17) is 0 Å². The summed E-state index contributed by atoms with van der Waals surface area (Å²) in [6.45, 7) is 0. The molecule has 0 spiro atoms. The lowest BCUT2D eigenvalue weighted by Crippen LogP contribution is -2.38. The maximum atomic E-state index is 13.2. The second-order valence-electron chi connectivity index (χ2n) is 2.82. The van der Waals surface area contributed by atoms with Crippen molar-refractivity contribution in [3.05, 3.63) is 30.3 Å². The van der Waals surface area contributed by atoms with E-state index in [1.54, 1.807) is 0 Å². The lowest BCUT2D eigenvalue weighted by Gasteiger charge is -2.13. The van der Waals surface area contributed by atoms with Crippen molar-refractivity contribution < 1.29 is 26.7 Å². The number of hydrogen-bond acceptors (Lipinski definition) is 4. The number of alkyl halides is 2. The molecule has 0 radical (unpaired) electrons. The largest absolute Gasteiger partial charge is 0.464 e. The smallest absolute Gasteiger partial charge is 0.444 e. The molecule has 0 N–H and O–H groups in total. The summed E-state index contributed by atoms with van der Waals surface area (Å²) in [6, 6.07) is 5.98. The van der Waals surface area contributed by atoms with Crippen molar-refractivity contribution in [2.75, 3.05) is 7.11 Å². The molecule has 0 aromatic heterocycles. The third-order valence-corrected chi connectivity index (χ3v) is 3.55. The molecule has 16 heavy (non-hydrogen) atoms. The minimum atomic E-state index is -5.06. The van der Waals surface area contributed by atoms with Crippen LogP contribution in [0.2, 0.25) is 0 Å². The number of esters is 1. The Labute approximate surface area is 90.8 Å². The average molecular weight is 250 g/mol. The zero-order valence-corrected chi connectivity index (χ0v) is 9.00. The van der Waals surface area contributed by atoms with Gasteiger partial charge in [0.2, 0.25) is 0 Å². The molecule has 1 rings (SSSR count). The summed E-state index contributed by atoms with van der Waals surface area (Å²) >= 11 is 0. The summed E-state index contributed by atoms with van der Waals surface area (Å²) in [7, 11) is -4.37. The van der Waals surface area contributed by atoms with E-state index in [0.29, 0.717) is 7.11 Å². The molecule has 0 fully saturated rings. The van der Waals surface area contributed by atoms with Crippen LogP contribution in [-0.4, -0.2) is 26.8 Å². The zero-order chi connectivity index (χ0) is 12.4. The van der Waals surface area contributed by atoms with Gasteiger partial charge >= 0.3 is 11.2 Å². The van der Waals surface area contributed by atoms with Crippen LogP contribution < -0.4 is 0 Å². The molecule has 0 aliphatic rings. The molecule has 4 nitrogen and oxygen atoms in total. The van der Waals surface area contributed by atoms with Crippen molar-refractivity contribution in [3.8, 4) is 0 Å². The third-order valence-electron chi connectivity index (χ3n) is 1.81. The van der Waals surface area contributed by atoms with Crippen LogP contribution in [0.15, 0.2) is 35.2 Å². The monoisotopic (exact) mass is 250 g/mol. The molecule has 0 saturated heterocycles. The topological polar surface area (TPSA) is 60.4 Å². The van der Waals surface area contributed by atoms with Gasteiger partial charge in [-0.25, -0.2) is 13.2 Å². The molecule has 0 aliphatic carbocycles. The first-order valence-corrected chi connectivity index (χ1v) is 5.58. The fourth-order valence-electron chi connectivity index (χ4n) is 0.976. The van der Waals surface area contributed by atoms with E-state index in [1.165, 1.54) is 18.2 Å². The highest BCUT2D eigenvalue weighted by molar-refractivity contribution is 7.93. The average Bonchev–Trinajstić information content (AvgIpc) is 2.28. The predicted molar refractivity (Wildman–Crippen MR) is 50.6 cm³/mol. The number of benzene rings is 1. The van der Waals surface area contributed by atoms with Crippen LogP contribution in [0.1, 0.15) is 0 Å². The standard InChI is InChI=1S/C9H8F2O4S/c1-15-8(12)9(10,11)16(13,14)7-5-3-2-4-6-7/h2-6H,1H3. The molecule has 0 saturated carbocycles. The van der Waals surface area contributed by atoms with Crippen LogP contribution in [0.5, 0.6) is 0 Å². The molecule has 88 valence electrons. The first kappa shape index (κ1) is 12.6. The molecular weight excluding hydrogens is 242 g/mol. The molecule has 1 aromatic carbocycles. The zero-order valence-electron chi connectivity index (χ0n) is 8.18. The quantitative estimate of drug-likeness (QED) is 0.757. The Kier molecular flexibility index (Phi) is 3.27. The number of ether oxygens (including phenoxy) is 1. The minimum absolute atomic E-state index is 0.634. The number of hydrogen-bond donors (Lipinski definition) is 0. The summed E-state index contributed by atoms with van der Waals surface area (Å²) < 4.78 is 53.0. The Balaban J connectivity index is 3.28. The number of methoxy groups -OCH3 is 1. The molecule has 0 amide bonds. The van der Waals surface area contributed by atoms with Crippen molar-refractivity contribution in [2.24, 2.45) is 0 Å². The van der Waals surface area contributed by atoms with Crippen LogP contribution in [0.3, 0.4) is 0 Å². The Morgan fingerprint density at radius 1 is 1.25 bits per heavy atom. The first-order valence-electron chi connectivity index (χ1n) is 4.10. The Morgan fingerprint density at radius 3 is 2.19 bits per heavy atom. The van der Waals surface area contributed by atoms with Gasteiger partial charge in [0, 0.05) is 0 Å². The van der Waals surface area contributed by atoms with Gasteiger partial charge < -0.3 is 4.74 Å². The highest BCUT2D eigenvalue weighted by atomic mass is 32.2. The third kappa shape index (κ3) is 1.90. The Morgan fingerprint density at radius 2 is 1.75 bits per heavy atom. The minimum Gasteiger partial charge on any atom is -0.464 e. The van der Waals surface area contributed by atoms with Crippen molar-refractivity contribution in [2.45, 2.75) is 10.2 Å². The summed E-state index contributed by atoms with van der Waals surface area (Å²) in [4.78, 5) is 10.1. The van der Waals surface area contributed by atoms with Crippen LogP contribution in [0, 0.1) is 0 Å². The molecule has 7 heteroatoms. The van der Waals surface area contributed by atoms with Gasteiger partial charge in [-0.05, 0) is 12.1 Å². The summed E-state index contributed by atoms with van der Waals surface area (Å²) in [6.07, 6.45) is 0. The van der Waals surface area contributed by atoms with E-state index in [1.807, 2.05) is 0 Å². The van der Waals surface area contributed by atoms with Gasteiger partial charge in [-0.15, -0.1) is 0 Å². The molecule has 0 aliphatic heterocycles. The van der Waals surface area contributed by atoms with Crippen molar-refractivity contribution in [3.63, 3.8) is 0 Å². The highest BCUT2D eigenvalue weighted by Crippen LogP contribution is 2.29. The SMILES string of the molecule is COC(=O)C(F)(F)S(=O)(=O)c1ccccc1. The van der Waals surface area contributed by atoms with Crippen LogP contribution in [0.4, 0.5) is 8.78 Å². The van der Waals surface area contributed by atoms with Gasteiger partial charge in [0.15, 0.2) is 0 Å². The van der Waals surface area contributed by atoms with E-state index in [9.17, 15) is 22.0 Å². The van der Waals surface area contributed by atoms with Crippen LogP contribution >= 0.6 is 0 Å². The summed E-state index contributed by atoms with van der Waals surface area (Å²) in [5.74, 6) is -2.10. The predicted octanol–water partition coefficient (Wildman–Crippen LogP) is 1.23. The number of carbonyl (C=O) groups is 1. The first-order chi connectivity index (χ1) is 7.34. The fraction of sp³-hybridized carbons (Fsp3) is 0.222. The molecule has 0 unspecified atom stereocenters. The maximum absolute atomic E-state index is 13.2. The molecule has 0 heterocycles.